The summed E-state index contributed by atoms with van der Waals surface area (Å²) in [5.74, 6) is 1.16. The second kappa shape index (κ2) is 8.06. The third-order valence-corrected chi connectivity index (χ3v) is 4.39. The number of hydrogen-bond donors (Lipinski definition) is 0. The molecule has 6 heteroatoms. The summed E-state index contributed by atoms with van der Waals surface area (Å²) in [5, 5.41) is 4.53. The number of halogens is 1. The summed E-state index contributed by atoms with van der Waals surface area (Å²) >= 11 is 6.15. The smallest absolute Gasteiger partial charge is 0.255 e. The zero-order valence-corrected chi connectivity index (χ0v) is 15.4. The van der Waals surface area contributed by atoms with E-state index < -0.39 is 0 Å². The van der Waals surface area contributed by atoms with E-state index in [-0.39, 0.29) is 5.91 Å². The fourth-order valence-corrected chi connectivity index (χ4v) is 2.91. The van der Waals surface area contributed by atoms with Crippen LogP contribution in [0.3, 0.4) is 0 Å². The van der Waals surface area contributed by atoms with Gasteiger partial charge in [0.05, 0.1) is 29.8 Å². The van der Waals surface area contributed by atoms with Crippen LogP contribution in [-0.4, -0.2) is 29.6 Å². The van der Waals surface area contributed by atoms with E-state index >= 15 is 0 Å². The molecule has 1 heterocycles. The summed E-state index contributed by atoms with van der Waals surface area (Å²) in [5.41, 5.74) is 1.95. The number of aromatic nitrogens is 1. The number of carbonyl (C=O) groups is 1. The van der Waals surface area contributed by atoms with Crippen LogP contribution in [-0.2, 0) is 6.54 Å². The zero-order chi connectivity index (χ0) is 18.5. The molecule has 0 aliphatic heterocycles. The monoisotopic (exact) mass is 370 g/mol. The molecule has 0 N–H and O–H groups in total. The van der Waals surface area contributed by atoms with Gasteiger partial charge in [-0.15, -0.1) is 0 Å². The van der Waals surface area contributed by atoms with Crippen LogP contribution in [0.4, 0.5) is 0 Å². The average molecular weight is 371 g/mol. The van der Waals surface area contributed by atoms with E-state index in [4.69, 9.17) is 20.9 Å². The highest BCUT2D eigenvalue weighted by molar-refractivity contribution is 6.33. The molecule has 2 aromatic carbocycles. The van der Waals surface area contributed by atoms with Crippen LogP contribution < -0.4 is 4.74 Å². The Balaban J connectivity index is 1.81. The maximum Gasteiger partial charge on any atom is 0.255 e. The number of amides is 1. The molecule has 1 aromatic heterocycles. The van der Waals surface area contributed by atoms with Crippen LogP contribution >= 0.6 is 11.6 Å². The molecule has 26 heavy (non-hydrogen) atoms. The normalized spacial score (nSPS) is 10.6. The molecule has 134 valence electrons. The van der Waals surface area contributed by atoms with Crippen LogP contribution in [0.5, 0.6) is 5.75 Å². The van der Waals surface area contributed by atoms with Gasteiger partial charge < -0.3 is 14.2 Å². The minimum atomic E-state index is -0.139. The number of benzene rings is 2. The first-order valence-corrected chi connectivity index (χ1v) is 8.64. The summed E-state index contributed by atoms with van der Waals surface area (Å²) in [6, 6.07) is 16.4. The first-order chi connectivity index (χ1) is 12.6. The number of methoxy groups -OCH3 is 1. The Morgan fingerprint density at radius 2 is 1.92 bits per heavy atom. The Bertz CT molecular complexity index is 907. The van der Waals surface area contributed by atoms with Gasteiger partial charge in [0, 0.05) is 12.6 Å². The lowest BCUT2D eigenvalue weighted by atomic mass is 10.1. The van der Waals surface area contributed by atoms with E-state index in [0.717, 1.165) is 5.56 Å². The van der Waals surface area contributed by atoms with Crippen molar-refractivity contribution in [3.63, 3.8) is 0 Å². The van der Waals surface area contributed by atoms with Gasteiger partial charge in [0.2, 0.25) is 0 Å². The second-order valence-corrected chi connectivity index (χ2v) is 6.09. The van der Waals surface area contributed by atoms with Gasteiger partial charge in [0.1, 0.15) is 11.4 Å². The molecule has 0 saturated heterocycles. The van der Waals surface area contributed by atoms with E-state index in [1.165, 1.54) is 0 Å². The minimum absolute atomic E-state index is 0.139. The summed E-state index contributed by atoms with van der Waals surface area (Å²) < 4.78 is 10.8. The van der Waals surface area contributed by atoms with Gasteiger partial charge in [-0.05, 0) is 31.2 Å². The molecule has 0 unspecified atom stereocenters. The van der Waals surface area contributed by atoms with Crippen molar-refractivity contribution in [1.82, 2.24) is 10.1 Å². The molecule has 0 aliphatic rings. The van der Waals surface area contributed by atoms with E-state index in [1.54, 1.807) is 36.3 Å². The van der Waals surface area contributed by atoms with E-state index in [1.807, 2.05) is 37.3 Å². The molecule has 5 nitrogen and oxygen atoms in total. The van der Waals surface area contributed by atoms with Crippen molar-refractivity contribution in [2.24, 2.45) is 0 Å². The Morgan fingerprint density at radius 3 is 2.65 bits per heavy atom. The van der Waals surface area contributed by atoms with Gasteiger partial charge in [-0.3, -0.25) is 4.79 Å². The molecule has 0 aliphatic carbocycles. The minimum Gasteiger partial charge on any atom is -0.496 e. The second-order valence-electron chi connectivity index (χ2n) is 5.68. The third kappa shape index (κ3) is 3.73. The fourth-order valence-electron chi connectivity index (χ4n) is 2.69. The Morgan fingerprint density at radius 1 is 1.19 bits per heavy atom. The van der Waals surface area contributed by atoms with E-state index in [2.05, 4.69) is 5.16 Å². The maximum absolute atomic E-state index is 12.7. The molecular weight excluding hydrogens is 352 g/mol. The van der Waals surface area contributed by atoms with Crippen molar-refractivity contribution in [3.05, 3.63) is 70.9 Å². The molecule has 0 atom stereocenters. The molecule has 3 aromatic rings. The summed E-state index contributed by atoms with van der Waals surface area (Å²) in [4.78, 5) is 14.4. The first kappa shape index (κ1) is 18.0. The molecular formula is C20H19ClN2O3. The summed E-state index contributed by atoms with van der Waals surface area (Å²) in [6.07, 6.45) is 0. The van der Waals surface area contributed by atoms with Crippen LogP contribution in [0.25, 0.3) is 11.3 Å². The summed E-state index contributed by atoms with van der Waals surface area (Å²) in [7, 11) is 1.61. The number of rotatable bonds is 6. The molecule has 3 rings (SSSR count). The van der Waals surface area contributed by atoms with Crippen LogP contribution in [0.15, 0.2) is 59.1 Å². The molecule has 0 radical (unpaired) electrons. The van der Waals surface area contributed by atoms with Crippen molar-refractivity contribution >= 4 is 17.5 Å². The fraction of sp³-hybridized carbons (Fsp3) is 0.200. The Hall–Kier alpha value is -2.79. The molecule has 1 amide bonds. The van der Waals surface area contributed by atoms with Crippen molar-refractivity contribution in [1.29, 1.82) is 0 Å². The van der Waals surface area contributed by atoms with Crippen molar-refractivity contribution in [2.45, 2.75) is 13.5 Å². The number of carbonyl (C=O) groups excluding carboxylic acids is 1. The summed E-state index contributed by atoms with van der Waals surface area (Å²) in [6.45, 7) is 2.77. The largest absolute Gasteiger partial charge is 0.496 e. The number of ether oxygens (including phenoxy) is 1. The predicted octanol–water partition coefficient (Wildman–Crippen LogP) is 4.67. The Labute approximate surface area is 157 Å². The number of para-hydroxylation sites is 1. The standard InChI is InChI=1S/C20H19ClN2O3/c1-3-23(20(24)15-8-4-6-10-17(15)21)13-14-12-19(26-22-14)16-9-5-7-11-18(16)25-2/h4-12H,3,13H2,1-2H3. The van der Waals surface area contributed by atoms with Gasteiger partial charge >= 0.3 is 0 Å². The third-order valence-electron chi connectivity index (χ3n) is 4.06. The SMILES string of the molecule is CCN(Cc1cc(-c2ccccc2OC)on1)C(=O)c1ccccc1Cl. The lowest BCUT2D eigenvalue weighted by Gasteiger charge is -2.20. The molecule has 0 fully saturated rings. The van der Waals surface area contributed by atoms with Gasteiger partial charge in [0.25, 0.3) is 5.91 Å². The van der Waals surface area contributed by atoms with Crippen LogP contribution in [0.1, 0.15) is 23.0 Å². The van der Waals surface area contributed by atoms with Gasteiger partial charge in [0.15, 0.2) is 5.76 Å². The zero-order valence-electron chi connectivity index (χ0n) is 14.6. The quantitative estimate of drug-likeness (QED) is 0.633. The topological polar surface area (TPSA) is 55.6 Å². The van der Waals surface area contributed by atoms with E-state index in [9.17, 15) is 4.79 Å². The molecule has 0 bridgehead atoms. The maximum atomic E-state index is 12.7. The highest BCUT2D eigenvalue weighted by Gasteiger charge is 2.19. The van der Waals surface area contributed by atoms with Gasteiger partial charge in [-0.2, -0.15) is 0 Å². The van der Waals surface area contributed by atoms with Crippen molar-refractivity contribution in [2.75, 3.05) is 13.7 Å². The lowest BCUT2D eigenvalue weighted by Crippen LogP contribution is -2.30. The van der Waals surface area contributed by atoms with Crippen LogP contribution in [0, 0.1) is 0 Å². The predicted molar refractivity (Wildman–Crippen MR) is 100 cm³/mol. The molecule has 0 spiro atoms. The number of nitrogens with zero attached hydrogens (tertiary/aromatic N) is 2. The highest BCUT2D eigenvalue weighted by Crippen LogP contribution is 2.30. The van der Waals surface area contributed by atoms with Crippen molar-refractivity contribution in [3.8, 4) is 17.1 Å². The highest BCUT2D eigenvalue weighted by atomic mass is 35.5. The lowest BCUT2D eigenvalue weighted by molar-refractivity contribution is 0.0749. The first-order valence-electron chi connectivity index (χ1n) is 8.26. The average Bonchev–Trinajstić information content (AvgIpc) is 3.14. The Kier molecular flexibility index (Phi) is 5.58. The van der Waals surface area contributed by atoms with Crippen LogP contribution in [0.2, 0.25) is 5.02 Å². The van der Waals surface area contributed by atoms with Gasteiger partial charge in [-0.1, -0.05) is 41.0 Å². The van der Waals surface area contributed by atoms with Crippen molar-refractivity contribution < 1.29 is 14.1 Å². The van der Waals surface area contributed by atoms with E-state index in [0.29, 0.717) is 40.9 Å². The molecule has 0 saturated carbocycles. The number of hydrogen-bond acceptors (Lipinski definition) is 4. The van der Waals surface area contributed by atoms with Gasteiger partial charge in [-0.25, -0.2) is 0 Å².